The Morgan fingerprint density at radius 1 is 1.44 bits per heavy atom. The minimum absolute atomic E-state index is 0.167. The number of H-pyrrole nitrogens is 1. The lowest BCUT2D eigenvalue weighted by atomic mass is 9.97. The molecule has 0 bridgehead atoms. The van der Waals surface area contributed by atoms with Crippen LogP contribution in [0.4, 0.5) is 5.69 Å². The van der Waals surface area contributed by atoms with Crippen LogP contribution in [0.3, 0.4) is 0 Å². The summed E-state index contributed by atoms with van der Waals surface area (Å²) in [6.45, 7) is 3.56. The van der Waals surface area contributed by atoms with E-state index in [1.807, 2.05) is 6.92 Å². The molecule has 1 aliphatic heterocycles. The Morgan fingerprint density at radius 2 is 2.12 bits per heavy atom. The van der Waals surface area contributed by atoms with Crippen LogP contribution in [0.1, 0.15) is 18.1 Å². The zero-order chi connectivity index (χ0) is 11.9. The Bertz CT molecular complexity index is 555. The maximum absolute atomic E-state index is 11.6. The van der Waals surface area contributed by atoms with E-state index < -0.39 is 5.97 Å². The van der Waals surface area contributed by atoms with Crippen LogP contribution < -0.4 is 10.9 Å². The van der Waals surface area contributed by atoms with E-state index in [0.717, 1.165) is 11.3 Å². The van der Waals surface area contributed by atoms with Gasteiger partial charge in [0, 0.05) is 23.9 Å². The van der Waals surface area contributed by atoms with Gasteiger partial charge in [-0.2, -0.15) is 0 Å². The fourth-order valence-electron chi connectivity index (χ4n) is 1.84. The Hall–Kier alpha value is -2.04. The van der Waals surface area contributed by atoms with Crippen molar-refractivity contribution in [2.45, 2.75) is 20.3 Å². The van der Waals surface area contributed by atoms with Crippen molar-refractivity contribution in [3.8, 4) is 0 Å². The largest absolute Gasteiger partial charge is 0.478 e. The molecule has 0 aliphatic carbocycles. The quantitative estimate of drug-likeness (QED) is 0.659. The molecule has 16 heavy (non-hydrogen) atoms. The second kappa shape index (κ2) is 3.52. The number of aromatic amines is 1. The van der Waals surface area contributed by atoms with Gasteiger partial charge in [0.15, 0.2) is 0 Å². The van der Waals surface area contributed by atoms with E-state index in [-0.39, 0.29) is 17.6 Å². The van der Waals surface area contributed by atoms with Crippen LogP contribution in [0.15, 0.2) is 22.3 Å². The summed E-state index contributed by atoms with van der Waals surface area (Å²) in [5.41, 5.74) is 2.71. The molecule has 0 radical (unpaired) electrons. The third-order valence-electron chi connectivity index (χ3n) is 2.77. The summed E-state index contributed by atoms with van der Waals surface area (Å²) >= 11 is 0. The van der Waals surface area contributed by atoms with Crippen molar-refractivity contribution >= 4 is 11.7 Å². The smallest absolute Gasteiger partial charge is 0.333 e. The molecule has 5 heteroatoms. The number of aryl methyl sites for hydroxylation is 1. The average Bonchev–Trinajstić information content (AvgIpc) is 2.23. The summed E-state index contributed by atoms with van der Waals surface area (Å²) in [5, 5.41) is 12.0. The predicted octanol–water partition coefficient (Wildman–Crippen LogP) is 1.01. The Kier molecular flexibility index (Phi) is 2.30. The highest BCUT2D eigenvalue weighted by Crippen LogP contribution is 2.27. The van der Waals surface area contributed by atoms with Gasteiger partial charge in [-0.25, -0.2) is 4.79 Å². The van der Waals surface area contributed by atoms with E-state index in [1.165, 1.54) is 0 Å². The van der Waals surface area contributed by atoms with Gasteiger partial charge in [-0.05, 0) is 19.4 Å². The zero-order valence-corrected chi connectivity index (χ0v) is 9.05. The van der Waals surface area contributed by atoms with Gasteiger partial charge in [0.2, 0.25) is 0 Å². The number of fused-ring (bicyclic) bond motifs is 1. The summed E-state index contributed by atoms with van der Waals surface area (Å²) < 4.78 is 0. The molecule has 0 atom stereocenters. The SMILES string of the molecule is CC1=C(C(=O)O)Cc2c(c(C)c[nH]c2=O)N1. The van der Waals surface area contributed by atoms with E-state index >= 15 is 0 Å². The molecule has 3 N–H and O–H groups in total. The van der Waals surface area contributed by atoms with E-state index in [9.17, 15) is 9.59 Å². The van der Waals surface area contributed by atoms with Gasteiger partial charge in [0.1, 0.15) is 0 Å². The van der Waals surface area contributed by atoms with Crippen molar-refractivity contribution in [3.63, 3.8) is 0 Å². The van der Waals surface area contributed by atoms with Crippen LogP contribution in [0.2, 0.25) is 0 Å². The fraction of sp³-hybridized carbons (Fsp3) is 0.273. The number of hydrogen-bond acceptors (Lipinski definition) is 3. The Balaban J connectivity index is 2.59. The first-order chi connectivity index (χ1) is 7.50. The van der Waals surface area contributed by atoms with Gasteiger partial charge < -0.3 is 15.4 Å². The molecule has 2 heterocycles. The van der Waals surface area contributed by atoms with Gasteiger partial charge in [0.05, 0.1) is 11.3 Å². The molecule has 0 unspecified atom stereocenters. The van der Waals surface area contributed by atoms with Crippen molar-refractivity contribution in [3.05, 3.63) is 38.9 Å². The second-order valence-corrected chi connectivity index (χ2v) is 3.86. The highest BCUT2D eigenvalue weighted by Gasteiger charge is 2.23. The second-order valence-electron chi connectivity index (χ2n) is 3.86. The van der Waals surface area contributed by atoms with E-state index in [0.29, 0.717) is 11.3 Å². The molecule has 1 aliphatic rings. The summed E-state index contributed by atoms with van der Waals surface area (Å²) in [6, 6.07) is 0. The number of aliphatic carboxylic acids is 1. The molecule has 0 aromatic carbocycles. The highest BCUT2D eigenvalue weighted by atomic mass is 16.4. The van der Waals surface area contributed by atoms with Gasteiger partial charge in [-0.3, -0.25) is 4.79 Å². The van der Waals surface area contributed by atoms with Gasteiger partial charge in [-0.15, -0.1) is 0 Å². The number of carboxylic acid groups (broad SMARTS) is 1. The van der Waals surface area contributed by atoms with Crippen LogP contribution in [-0.2, 0) is 11.2 Å². The number of nitrogens with one attached hydrogen (secondary N) is 2. The maximum Gasteiger partial charge on any atom is 0.333 e. The first-order valence-electron chi connectivity index (χ1n) is 4.92. The standard InChI is InChI=1S/C11H12N2O3/c1-5-4-12-10(14)8-3-7(11(15)16)6(2)13-9(5)8/h4,13H,3H2,1-2H3,(H,12,14)(H,15,16). The number of pyridine rings is 1. The molecule has 0 fully saturated rings. The zero-order valence-electron chi connectivity index (χ0n) is 9.05. The number of carboxylic acids is 1. The summed E-state index contributed by atoms with van der Waals surface area (Å²) in [7, 11) is 0. The molecule has 1 aromatic rings. The van der Waals surface area contributed by atoms with Crippen molar-refractivity contribution in [1.82, 2.24) is 4.98 Å². The van der Waals surface area contributed by atoms with Crippen LogP contribution in [-0.4, -0.2) is 16.1 Å². The molecular formula is C11H12N2O3. The first-order valence-corrected chi connectivity index (χ1v) is 4.92. The summed E-state index contributed by atoms with van der Waals surface area (Å²) in [4.78, 5) is 25.1. The lowest BCUT2D eigenvalue weighted by Crippen LogP contribution is -2.24. The van der Waals surface area contributed by atoms with Crippen LogP contribution in [0.5, 0.6) is 0 Å². The first kappa shape index (κ1) is 10.5. The number of anilines is 1. The van der Waals surface area contributed by atoms with Crippen molar-refractivity contribution in [2.75, 3.05) is 5.32 Å². The maximum atomic E-state index is 11.6. The molecule has 0 spiro atoms. The predicted molar refractivity (Wildman–Crippen MR) is 59.5 cm³/mol. The number of hydrogen-bond donors (Lipinski definition) is 3. The molecule has 5 nitrogen and oxygen atoms in total. The van der Waals surface area contributed by atoms with Crippen LogP contribution in [0.25, 0.3) is 0 Å². The molecule has 2 rings (SSSR count). The highest BCUT2D eigenvalue weighted by molar-refractivity contribution is 5.90. The van der Waals surface area contributed by atoms with Gasteiger partial charge in [0.25, 0.3) is 5.56 Å². The monoisotopic (exact) mass is 220 g/mol. The van der Waals surface area contributed by atoms with Crippen molar-refractivity contribution in [2.24, 2.45) is 0 Å². The molecule has 84 valence electrons. The molecular weight excluding hydrogens is 208 g/mol. The Morgan fingerprint density at radius 3 is 2.75 bits per heavy atom. The number of carbonyl (C=O) groups is 1. The summed E-state index contributed by atoms with van der Waals surface area (Å²) in [5.74, 6) is -0.989. The van der Waals surface area contributed by atoms with Gasteiger partial charge >= 0.3 is 5.97 Å². The minimum atomic E-state index is -0.989. The minimum Gasteiger partial charge on any atom is -0.478 e. The van der Waals surface area contributed by atoms with E-state index in [1.54, 1.807) is 13.1 Å². The number of allylic oxidation sites excluding steroid dienone is 1. The lowest BCUT2D eigenvalue weighted by Gasteiger charge is -2.21. The third-order valence-corrected chi connectivity index (χ3v) is 2.77. The Labute approximate surface area is 91.8 Å². The summed E-state index contributed by atoms with van der Waals surface area (Å²) in [6.07, 6.45) is 1.79. The van der Waals surface area contributed by atoms with E-state index in [4.69, 9.17) is 5.11 Å². The van der Waals surface area contributed by atoms with Gasteiger partial charge in [-0.1, -0.05) is 0 Å². The van der Waals surface area contributed by atoms with Crippen molar-refractivity contribution in [1.29, 1.82) is 0 Å². The molecule has 0 amide bonds. The topological polar surface area (TPSA) is 82.2 Å². The molecule has 0 saturated heterocycles. The van der Waals surface area contributed by atoms with Crippen LogP contribution in [0, 0.1) is 6.92 Å². The fourth-order valence-corrected chi connectivity index (χ4v) is 1.84. The van der Waals surface area contributed by atoms with Crippen molar-refractivity contribution < 1.29 is 9.90 Å². The molecule has 1 aromatic heterocycles. The van der Waals surface area contributed by atoms with Crippen LogP contribution >= 0.6 is 0 Å². The van der Waals surface area contributed by atoms with E-state index in [2.05, 4.69) is 10.3 Å². The lowest BCUT2D eigenvalue weighted by molar-refractivity contribution is -0.132. The third kappa shape index (κ3) is 1.50. The average molecular weight is 220 g/mol. The normalized spacial score (nSPS) is 14.4. The molecule has 0 saturated carbocycles. The number of rotatable bonds is 1. The number of aromatic nitrogens is 1.